The SMILES string of the molecule is COCCNC(=O)C(c1cccnc1)N(C(=O)Cn1nnc2ccccc21)c1ccccc1. The van der Waals surface area contributed by atoms with Gasteiger partial charge in [-0.1, -0.05) is 41.6 Å². The predicted molar refractivity (Wildman–Crippen MR) is 123 cm³/mol. The highest BCUT2D eigenvalue weighted by Gasteiger charge is 2.33. The largest absolute Gasteiger partial charge is 0.383 e. The van der Waals surface area contributed by atoms with E-state index in [4.69, 9.17) is 4.74 Å². The van der Waals surface area contributed by atoms with Crippen molar-refractivity contribution in [2.45, 2.75) is 12.6 Å². The molecule has 0 radical (unpaired) electrons. The molecule has 0 aliphatic rings. The Balaban J connectivity index is 1.73. The first kappa shape index (κ1) is 22.1. The zero-order valence-corrected chi connectivity index (χ0v) is 18.2. The van der Waals surface area contributed by atoms with Crippen LogP contribution in [0, 0.1) is 0 Å². The molecule has 2 amide bonds. The fourth-order valence-electron chi connectivity index (χ4n) is 3.59. The summed E-state index contributed by atoms with van der Waals surface area (Å²) in [5.41, 5.74) is 2.61. The molecule has 0 fully saturated rings. The highest BCUT2D eigenvalue weighted by atomic mass is 16.5. The van der Waals surface area contributed by atoms with Gasteiger partial charge in [0, 0.05) is 37.3 Å². The number of pyridine rings is 1. The van der Waals surface area contributed by atoms with Gasteiger partial charge in [0.15, 0.2) is 0 Å². The van der Waals surface area contributed by atoms with Gasteiger partial charge in [-0.15, -0.1) is 5.10 Å². The van der Waals surface area contributed by atoms with Crippen molar-refractivity contribution in [3.05, 3.63) is 84.7 Å². The second-order valence-corrected chi connectivity index (χ2v) is 7.31. The quantitative estimate of drug-likeness (QED) is 0.398. The van der Waals surface area contributed by atoms with E-state index in [0.29, 0.717) is 29.9 Å². The summed E-state index contributed by atoms with van der Waals surface area (Å²) < 4.78 is 6.59. The molecule has 0 saturated carbocycles. The van der Waals surface area contributed by atoms with Gasteiger partial charge in [0.05, 0.1) is 12.1 Å². The molecule has 9 nitrogen and oxygen atoms in total. The van der Waals surface area contributed by atoms with Crippen LogP contribution >= 0.6 is 0 Å². The summed E-state index contributed by atoms with van der Waals surface area (Å²) in [6.45, 7) is 0.587. The van der Waals surface area contributed by atoms with E-state index in [1.807, 2.05) is 42.5 Å². The number of benzene rings is 2. The standard InChI is InChI=1S/C24H24N6O3/c1-33-15-14-26-24(32)23(18-8-7-13-25-16-18)30(19-9-3-2-4-10-19)22(31)17-29-21-12-6-5-11-20(21)27-28-29/h2-13,16,23H,14-15,17H2,1H3,(H,26,32). The lowest BCUT2D eigenvalue weighted by molar-refractivity contribution is -0.127. The third-order valence-electron chi connectivity index (χ3n) is 5.12. The van der Waals surface area contributed by atoms with E-state index in [1.54, 1.807) is 43.8 Å². The van der Waals surface area contributed by atoms with Crippen molar-refractivity contribution in [3.63, 3.8) is 0 Å². The molecule has 1 N–H and O–H groups in total. The Morgan fingerprint density at radius 1 is 1.06 bits per heavy atom. The summed E-state index contributed by atoms with van der Waals surface area (Å²) in [6, 6.07) is 19.1. The van der Waals surface area contributed by atoms with Crippen molar-refractivity contribution >= 4 is 28.5 Å². The lowest BCUT2D eigenvalue weighted by Crippen LogP contribution is -2.46. The first-order valence-corrected chi connectivity index (χ1v) is 10.5. The van der Waals surface area contributed by atoms with Crippen molar-refractivity contribution in [3.8, 4) is 0 Å². The number of hydrogen-bond donors (Lipinski definition) is 1. The van der Waals surface area contributed by atoms with E-state index in [0.717, 1.165) is 5.52 Å². The number of methoxy groups -OCH3 is 1. The van der Waals surface area contributed by atoms with Crippen LogP contribution in [0.1, 0.15) is 11.6 Å². The summed E-state index contributed by atoms with van der Waals surface area (Å²) in [7, 11) is 1.56. The van der Waals surface area contributed by atoms with Gasteiger partial charge >= 0.3 is 0 Å². The topological polar surface area (TPSA) is 102 Å². The number of carbonyl (C=O) groups is 2. The number of anilines is 1. The van der Waals surface area contributed by atoms with Gasteiger partial charge in [-0.3, -0.25) is 19.5 Å². The van der Waals surface area contributed by atoms with Crippen LogP contribution in [-0.2, 0) is 20.9 Å². The number of hydrogen-bond acceptors (Lipinski definition) is 6. The molecule has 1 atom stereocenters. The third-order valence-corrected chi connectivity index (χ3v) is 5.12. The Hall–Kier alpha value is -4.11. The molecule has 1 unspecified atom stereocenters. The Morgan fingerprint density at radius 2 is 1.85 bits per heavy atom. The molecular formula is C24H24N6O3. The van der Waals surface area contributed by atoms with Crippen LogP contribution in [-0.4, -0.2) is 52.1 Å². The Labute approximate surface area is 191 Å². The molecule has 2 aromatic carbocycles. The number of amides is 2. The lowest BCUT2D eigenvalue weighted by Gasteiger charge is -2.31. The van der Waals surface area contributed by atoms with Gasteiger partial charge in [-0.25, -0.2) is 4.68 Å². The van der Waals surface area contributed by atoms with Crippen LogP contribution < -0.4 is 10.2 Å². The molecule has 2 heterocycles. The second-order valence-electron chi connectivity index (χ2n) is 7.31. The number of carbonyl (C=O) groups excluding carboxylic acids is 2. The van der Waals surface area contributed by atoms with Crippen LogP contribution in [0.2, 0.25) is 0 Å². The fourth-order valence-corrected chi connectivity index (χ4v) is 3.59. The number of fused-ring (bicyclic) bond motifs is 1. The maximum atomic E-state index is 13.7. The molecule has 168 valence electrons. The summed E-state index contributed by atoms with van der Waals surface area (Å²) in [6.07, 6.45) is 3.22. The normalized spacial score (nSPS) is 11.8. The monoisotopic (exact) mass is 444 g/mol. The van der Waals surface area contributed by atoms with Crippen molar-refractivity contribution in [1.29, 1.82) is 0 Å². The van der Waals surface area contributed by atoms with Gasteiger partial charge in [-0.05, 0) is 30.3 Å². The number of nitrogens with zero attached hydrogens (tertiary/aromatic N) is 5. The van der Waals surface area contributed by atoms with Gasteiger partial charge in [-0.2, -0.15) is 0 Å². The van der Waals surface area contributed by atoms with E-state index in [-0.39, 0.29) is 18.4 Å². The Bertz CT molecular complexity index is 1210. The summed E-state index contributed by atoms with van der Waals surface area (Å²) in [4.78, 5) is 32.7. The second kappa shape index (κ2) is 10.5. The van der Waals surface area contributed by atoms with E-state index in [1.165, 1.54) is 9.58 Å². The average Bonchev–Trinajstić information content (AvgIpc) is 3.26. The van der Waals surface area contributed by atoms with Crippen LogP contribution in [0.15, 0.2) is 79.1 Å². The average molecular weight is 444 g/mol. The van der Waals surface area contributed by atoms with Crippen molar-refractivity contribution in [2.75, 3.05) is 25.2 Å². The smallest absolute Gasteiger partial charge is 0.249 e. The summed E-state index contributed by atoms with van der Waals surface area (Å²) >= 11 is 0. The minimum Gasteiger partial charge on any atom is -0.383 e. The zero-order valence-electron chi connectivity index (χ0n) is 18.2. The van der Waals surface area contributed by atoms with E-state index < -0.39 is 6.04 Å². The molecule has 0 saturated heterocycles. The van der Waals surface area contributed by atoms with Crippen molar-refractivity contribution in [2.24, 2.45) is 0 Å². The van der Waals surface area contributed by atoms with Crippen LogP contribution in [0.3, 0.4) is 0 Å². The summed E-state index contributed by atoms with van der Waals surface area (Å²) in [5.74, 6) is -0.645. The fraction of sp³-hybridized carbons (Fsp3) is 0.208. The van der Waals surface area contributed by atoms with Gasteiger partial charge in [0.25, 0.3) is 0 Å². The predicted octanol–water partition coefficient (Wildman–Crippen LogP) is 2.36. The third kappa shape index (κ3) is 5.04. The molecule has 0 bridgehead atoms. The van der Waals surface area contributed by atoms with Crippen LogP contribution in [0.4, 0.5) is 5.69 Å². The number of para-hydroxylation sites is 2. The Morgan fingerprint density at radius 3 is 2.61 bits per heavy atom. The molecule has 0 spiro atoms. The molecule has 4 rings (SSSR count). The molecule has 2 aromatic heterocycles. The van der Waals surface area contributed by atoms with Gasteiger partial charge < -0.3 is 10.1 Å². The maximum absolute atomic E-state index is 13.7. The van der Waals surface area contributed by atoms with E-state index in [9.17, 15) is 9.59 Å². The minimum absolute atomic E-state index is 0.0858. The molecule has 9 heteroatoms. The number of nitrogens with one attached hydrogen (secondary N) is 1. The van der Waals surface area contributed by atoms with Crippen LogP contribution in [0.25, 0.3) is 11.0 Å². The highest BCUT2D eigenvalue weighted by molar-refractivity contribution is 6.01. The van der Waals surface area contributed by atoms with Gasteiger partial charge in [0.2, 0.25) is 11.8 Å². The maximum Gasteiger partial charge on any atom is 0.249 e. The Kier molecular flexibility index (Phi) is 7.01. The number of aromatic nitrogens is 4. The minimum atomic E-state index is -0.930. The molecule has 4 aromatic rings. The molecule has 0 aliphatic heterocycles. The van der Waals surface area contributed by atoms with E-state index in [2.05, 4.69) is 20.6 Å². The number of ether oxygens (including phenoxy) is 1. The number of rotatable bonds is 9. The molecular weight excluding hydrogens is 420 g/mol. The lowest BCUT2D eigenvalue weighted by atomic mass is 10.0. The van der Waals surface area contributed by atoms with E-state index >= 15 is 0 Å². The highest BCUT2D eigenvalue weighted by Crippen LogP contribution is 2.28. The first-order chi connectivity index (χ1) is 16.2. The van der Waals surface area contributed by atoms with Crippen LogP contribution in [0.5, 0.6) is 0 Å². The van der Waals surface area contributed by atoms with Crippen molar-refractivity contribution in [1.82, 2.24) is 25.3 Å². The van der Waals surface area contributed by atoms with Crippen molar-refractivity contribution < 1.29 is 14.3 Å². The first-order valence-electron chi connectivity index (χ1n) is 10.5. The molecule has 33 heavy (non-hydrogen) atoms. The van der Waals surface area contributed by atoms with Gasteiger partial charge in [0.1, 0.15) is 18.1 Å². The molecule has 0 aliphatic carbocycles. The zero-order chi connectivity index (χ0) is 23.0. The summed E-state index contributed by atoms with van der Waals surface area (Å²) in [5, 5.41) is 11.1.